The van der Waals surface area contributed by atoms with Crippen LogP contribution in [0.2, 0.25) is 0 Å². The lowest BCUT2D eigenvalue weighted by molar-refractivity contribution is 0.0845. The van der Waals surface area contributed by atoms with Crippen LogP contribution in [0.1, 0.15) is 18.4 Å². The van der Waals surface area contributed by atoms with Gasteiger partial charge in [-0.15, -0.1) is 0 Å². The highest BCUT2D eigenvalue weighted by molar-refractivity contribution is 5.44. The molecule has 0 aliphatic carbocycles. The quantitative estimate of drug-likeness (QED) is 0.835. The number of anilines is 1. The molecule has 94 valence electrons. The van der Waals surface area contributed by atoms with Crippen LogP contribution in [0.4, 0.5) is 5.69 Å². The zero-order valence-electron chi connectivity index (χ0n) is 10.5. The summed E-state index contributed by atoms with van der Waals surface area (Å²) in [6.45, 7) is 6.18. The summed E-state index contributed by atoms with van der Waals surface area (Å²) in [7, 11) is 0. The summed E-state index contributed by atoms with van der Waals surface area (Å²) in [6.07, 6.45) is 1.77. The lowest BCUT2D eigenvalue weighted by Gasteiger charge is -2.29. The molecule has 0 radical (unpaired) electrons. The Morgan fingerprint density at radius 3 is 2.53 bits per heavy atom. The van der Waals surface area contributed by atoms with E-state index in [0.717, 1.165) is 39.0 Å². The number of hydrogen-bond acceptors (Lipinski definition) is 3. The van der Waals surface area contributed by atoms with Crippen molar-refractivity contribution >= 4 is 5.69 Å². The van der Waals surface area contributed by atoms with E-state index in [1.807, 2.05) is 0 Å². The Labute approximate surface area is 103 Å². The van der Waals surface area contributed by atoms with Crippen molar-refractivity contribution in [3.05, 3.63) is 29.8 Å². The third kappa shape index (κ3) is 4.02. The first kappa shape index (κ1) is 12.4. The van der Waals surface area contributed by atoms with Crippen LogP contribution in [0, 0.1) is 6.92 Å². The normalized spacial score (nSPS) is 18.2. The molecule has 1 aromatic carbocycles. The maximum Gasteiger partial charge on any atom is 0.0564 e. The number of aliphatic hydroxyl groups is 1. The standard InChI is InChI=1S/C14H22N2O/c1-12-2-4-13(5-3-12)15-8-11-16-9-6-14(17)7-10-16/h2-5,14-15,17H,6-11H2,1H3. The molecule has 2 N–H and O–H groups in total. The Morgan fingerprint density at radius 2 is 1.88 bits per heavy atom. The van der Waals surface area contributed by atoms with Gasteiger partial charge in [0, 0.05) is 31.9 Å². The first-order chi connectivity index (χ1) is 8.24. The van der Waals surface area contributed by atoms with Crippen LogP contribution in [-0.4, -0.2) is 42.3 Å². The van der Waals surface area contributed by atoms with Crippen molar-refractivity contribution in [1.82, 2.24) is 4.90 Å². The average molecular weight is 234 g/mol. The van der Waals surface area contributed by atoms with Crippen molar-refractivity contribution in [1.29, 1.82) is 0 Å². The summed E-state index contributed by atoms with van der Waals surface area (Å²) in [4.78, 5) is 2.41. The first-order valence-corrected chi connectivity index (χ1v) is 6.45. The van der Waals surface area contributed by atoms with Gasteiger partial charge in [-0.1, -0.05) is 17.7 Å². The van der Waals surface area contributed by atoms with E-state index >= 15 is 0 Å². The maximum atomic E-state index is 9.41. The SMILES string of the molecule is Cc1ccc(NCCN2CCC(O)CC2)cc1. The predicted molar refractivity (Wildman–Crippen MR) is 71.3 cm³/mol. The lowest BCUT2D eigenvalue weighted by Crippen LogP contribution is -2.38. The van der Waals surface area contributed by atoms with Crippen LogP contribution < -0.4 is 5.32 Å². The topological polar surface area (TPSA) is 35.5 Å². The number of nitrogens with zero attached hydrogens (tertiary/aromatic N) is 1. The molecule has 2 rings (SSSR count). The van der Waals surface area contributed by atoms with E-state index in [-0.39, 0.29) is 6.10 Å². The molecule has 1 aromatic rings. The van der Waals surface area contributed by atoms with Crippen molar-refractivity contribution in [2.75, 3.05) is 31.5 Å². The van der Waals surface area contributed by atoms with Gasteiger partial charge < -0.3 is 15.3 Å². The van der Waals surface area contributed by atoms with Crippen LogP contribution in [0.15, 0.2) is 24.3 Å². The van der Waals surface area contributed by atoms with Crippen molar-refractivity contribution in [3.8, 4) is 0 Å². The molecule has 3 heteroatoms. The number of piperidine rings is 1. The highest BCUT2D eigenvalue weighted by Gasteiger charge is 2.15. The van der Waals surface area contributed by atoms with Gasteiger partial charge in [-0.3, -0.25) is 0 Å². The first-order valence-electron chi connectivity index (χ1n) is 6.45. The minimum atomic E-state index is -0.0729. The average Bonchev–Trinajstić information content (AvgIpc) is 2.34. The van der Waals surface area contributed by atoms with Crippen molar-refractivity contribution in [2.24, 2.45) is 0 Å². The van der Waals surface area contributed by atoms with Crippen LogP contribution in [0.3, 0.4) is 0 Å². The molecule has 1 aliphatic heterocycles. The fraction of sp³-hybridized carbons (Fsp3) is 0.571. The zero-order chi connectivity index (χ0) is 12.1. The van der Waals surface area contributed by atoms with Crippen LogP contribution in [-0.2, 0) is 0 Å². The van der Waals surface area contributed by atoms with Gasteiger partial charge in [0.1, 0.15) is 0 Å². The molecule has 0 spiro atoms. The van der Waals surface area contributed by atoms with E-state index in [0.29, 0.717) is 0 Å². The summed E-state index contributed by atoms with van der Waals surface area (Å²) in [5.74, 6) is 0. The van der Waals surface area contributed by atoms with E-state index < -0.39 is 0 Å². The van der Waals surface area contributed by atoms with E-state index in [1.54, 1.807) is 0 Å². The molecule has 0 atom stereocenters. The summed E-state index contributed by atoms with van der Waals surface area (Å²) in [5, 5.41) is 12.8. The van der Waals surface area contributed by atoms with Crippen LogP contribution in [0.25, 0.3) is 0 Å². The van der Waals surface area contributed by atoms with Gasteiger partial charge in [-0.25, -0.2) is 0 Å². The number of likely N-dealkylation sites (tertiary alicyclic amines) is 1. The van der Waals surface area contributed by atoms with Gasteiger partial charge in [-0.2, -0.15) is 0 Å². The van der Waals surface area contributed by atoms with E-state index in [4.69, 9.17) is 0 Å². The fourth-order valence-corrected chi connectivity index (χ4v) is 2.17. The van der Waals surface area contributed by atoms with Crippen LogP contribution in [0.5, 0.6) is 0 Å². The summed E-state index contributed by atoms with van der Waals surface area (Å²) < 4.78 is 0. The molecule has 1 heterocycles. The minimum Gasteiger partial charge on any atom is -0.393 e. The molecule has 0 bridgehead atoms. The molecule has 1 fully saturated rings. The molecule has 1 aliphatic rings. The van der Waals surface area contributed by atoms with Crippen molar-refractivity contribution in [2.45, 2.75) is 25.9 Å². The number of aryl methyl sites for hydroxylation is 1. The highest BCUT2D eigenvalue weighted by Crippen LogP contribution is 2.10. The van der Waals surface area contributed by atoms with Gasteiger partial charge in [0.15, 0.2) is 0 Å². The second-order valence-electron chi connectivity index (χ2n) is 4.87. The Morgan fingerprint density at radius 1 is 1.24 bits per heavy atom. The van der Waals surface area contributed by atoms with E-state index in [9.17, 15) is 5.11 Å². The third-order valence-electron chi connectivity index (χ3n) is 3.37. The van der Waals surface area contributed by atoms with Gasteiger partial charge in [0.05, 0.1) is 6.10 Å². The molecule has 0 aromatic heterocycles. The highest BCUT2D eigenvalue weighted by atomic mass is 16.3. The van der Waals surface area contributed by atoms with E-state index in [1.165, 1.54) is 11.3 Å². The fourth-order valence-electron chi connectivity index (χ4n) is 2.17. The molecule has 0 unspecified atom stereocenters. The number of aliphatic hydroxyl groups excluding tert-OH is 1. The maximum absolute atomic E-state index is 9.41. The summed E-state index contributed by atoms with van der Waals surface area (Å²) in [5.41, 5.74) is 2.48. The largest absolute Gasteiger partial charge is 0.393 e. The smallest absolute Gasteiger partial charge is 0.0564 e. The van der Waals surface area contributed by atoms with Crippen molar-refractivity contribution in [3.63, 3.8) is 0 Å². The van der Waals surface area contributed by atoms with Gasteiger partial charge in [-0.05, 0) is 31.9 Å². The van der Waals surface area contributed by atoms with Gasteiger partial charge >= 0.3 is 0 Å². The molecular weight excluding hydrogens is 212 g/mol. The number of rotatable bonds is 4. The van der Waals surface area contributed by atoms with Gasteiger partial charge in [0.2, 0.25) is 0 Å². The minimum absolute atomic E-state index is 0.0729. The summed E-state index contributed by atoms with van der Waals surface area (Å²) >= 11 is 0. The Kier molecular flexibility index (Phi) is 4.40. The Hall–Kier alpha value is -1.06. The second-order valence-corrected chi connectivity index (χ2v) is 4.87. The number of benzene rings is 1. The molecular formula is C14H22N2O. The van der Waals surface area contributed by atoms with E-state index in [2.05, 4.69) is 41.4 Å². The third-order valence-corrected chi connectivity index (χ3v) is 3.37. The number of hydrogen-bond donors (Lipinski definition) is 2. The molecule has 17 heavy (non-hydrogen) atoms. The Bertz CT molecular complexity index is 329. The molecule has 0 amide bonds. The lowest BCUT2D eigenvalue weighted by atomic mass is 10.1. The molecule has 1 saturated heterocycles. The van der Waals surface area contributed by atoms with Crippen LogP contribution >= 0.6 is 0 Å². The van der Waals surface area contributed by atoms with Gasteiger partial charge in [0.25, 0.3) is 0 Å². The Balaban J connectivity index is 1.67. The summed E-state index contributed by atoms with van der Waals surface area (Å²) in [6, 6.07) is 8.49. The van der Waals surface area contributed by atoms with Crippen molar-refractivity contribution < 1.29 is 5.11 Å². The molecule has 3 nitrogen and oxygen atoms in total. The molecule has 0 saturated carbocycles. The second kappa shape index (κ2) is 6.03. The predicted octanol–water partition coefficient (Wildman–Crippen LogP) is 1.86. The number of nitrogens with one attached hydrogen (secondary N) is 1. The monoisotopic (exact) mass is 234 g/mol. The zero-order valence-corrected chi connectivity index (χ0v) is 10.5.